The monoisotopic (exact) mass is 442 g/mol. The first-order valence-corrected chi connectivity index (χ1v) is 9.84. The summed E-state index contributed by atoms with van der Waals surface area (Å²) >= 11 is 12.2. The summed E-state index contributed by atoms with van der Waals surface area (Å²) < 4.78 is 16.7. The van der Waals surface area contributed by atoms with Crippen LogP contribution in [0.5, 0.6) is 5.75 Å². The topological polar surface area (TPSA) is 77.0 Å². The normalized spacial score (nSPS) is 11.3. The Morgan fingerprint density at radius 2 is 2.00 bits per heavy atom. The summed E-state index contributed by atoms with van der Waals surface area (Å²) in [5, 5.41) is 5.53. The number of carbonyl (C=O) groups excluding carboxylic acids is 1. The first-order chi connectivity index (χ1) is 14.5. The smallest absolute Gasteiger partial charge is 0.307 e. The van der Waals surface area contributed by atoms with E-state index in [9.17, 15) is 4.79 Å². The molecule has 1 N–H and O–H groups in total. The van der Waals surface area contributed by atoms with Crippen LogP contribution in [0.2, 0.25) is 10.0 Å². The first-order valence-electron chi connectivity index (χ1n) is 9.09. The van der Waals surface area contributed by atoms with Crippen molar-refractivity contribution in [3.05, 3.63) is 76.2 Å². The third-order valence-electron chi connectivity index (χ3n) is 4.22. The molecule has 0 fully saturated rings. The maximum atomic E-state index is 12.3. The minimum Gasteiger partial charge on any atom is -0.494 e. The second kappa shape index (κ2) is 8.65. The zero-order valence-electron chi connectivity index (χ0n) is 15.8. The van der Waals surface area contributed by atoms with Gasteiger partial charge in [0, 0.05) is 10.9 Å². The Kier molecular flexibility index (Phi) is 5.79. The van der Waals surface area contributed by atoms with Gasteiger partial charge < -0.3 is 13.6 Å². The van der Waals surface area contributed by atoms with Crippen molar-refractivity contribution >= 4 is 46.3 Å². The van der Waals surface area contributed by atoms with Crippen LogP contribution >= 0.6 is 23.2 Å². The summed E-state index contributed by atoms with van der Waals surface area (Å²) in [5.74, 6) is 1.35. The van der Waals surface area contributed by atoms with E-state index in [0.29, 0.717) is 45.1 Å². The number of hydrazone groups is 1. The molecule has 4 aromatic rings. The average molecular weight is 443 g/mol. The largest absolute Gasteiger partial charge is 0.494 e. The summed E-state index contributed by atoms with van der Waals surface area (Å²) in [6.45, 7) is 2.46. The molecule has 0 unspecified atom stereocenters. The number of hydrogen-bond acceptors (Lipinski definition) is 5. The van der Waals surface area contributed by atoms with Gasteiger partial charge in [0.05, 0.1) is 22.9 Å². The fourth-order valence-electron chi connectivity index (χ4n) is 2.86. The van der Waals surface area contributed by atoms with Crippen molar-refractivity contribution in [2.45, 2.75) is 6.92 Å². The van der Waals surface area contributed by atoms with Crippen LogP contribution in [-0.2, 0) is 0 Å². The van der Waals surface area contributed by atoms with Crippen LogP contribution in [0.15, 0.2) is 68.5 Å². The van der Waals surface area contributed by atoms with Gasteiger partial charge in [0.15, 0.2) is 5.76 Å². The van der Waals surface area contributed by atoms with E-state index in [1.165, 1.54) is 6.21 Å². The lowest BCUT2D eigenvalue weighted by molar-refractivity contribution is 0.0929. The highest BCUT2D eigenvalue weighted by atomic mass is 35.5. The number of rotatable bonds is 6. The third kappa shape index (κ3) is 4.20. The molecule has 30 heavy (non-hydrogen) atoms. The molecule has 0 bridgehead atoms. The summed E-state index contributed by atoms with van der Waals surface area (Å²) in [6, 6.07) is 15.7. The lowest BCUT2D eigenvalue weighted by Crippen LogP contribution is -2.16. The van der Waals surface area contributed by atoms with Crippen molar-refractivity contribution < 1.29 is 18.4 Å². The summed E-state index contributed by atoms with van der Waals surface area (Å²) in [5.41, 5.74) is 3.67. The molecular formula is C22H16Cl2N2O4. The maximum absolute atomic E-state index is 12.3. The third-order valence-corrected chi connectivity index (χ3v) is 5.04. The van der Waals surface area contributed by atoms with Crippen LogP contribution in [0.4, 0.5) is 0 Å². The van der Waals surface area contributed by atoms with Gasteiger partial charge in [-0.2, -0.15) is 5.10 Å². The molecule has 4 rings (SSSR count). The van der Waals surface area contributed by atoms with Crippen LogP contribution in [-0.4, -0.2) is 18.7 Å². The predicted molar refractivity (Wildman–Crippen MR) is 117 cm³/mol. The Morgan fingerprint density at radius 1 is 1.13 bits per heavy atom. The van der Waals surface area contributed by atoms with Crippen molar-refractivity contribution in [3.63, 3.8) is 0 Å². The van der Waals surface area contributed by atoms with Crippen molar-refractivity contribution in [3.8, 4) is 17.1 Å². The van der Waals surface area contributed by atoms with Gasteiger partial charge in [-0.05, 0) is 55.5 Å². The van der Waals surface area contributed by atoms with Gasteiger partial charge in [-0.25, -0.2) is 5.43 Å². The molecule has 6 nitrogen and oxygen atoms in total. The Morgan fingerprint density at radius 3 is 2.83 bits per heavy atom. The lowest BCUT2D eigenvalue weighted by atomic mass is 10.2. The van der Waals surface area contributed by atoms with Gasteiger partial charge in [0.25, 0.3) is 0 Å². The molecule has 0 saturated carbocycles. The van der Waals surface area contributed by atoms with Crippen LogP contribution in [0.3, 0.4) is 0 Å². The van der Waals surface area contributed by atoms with Gasteiger partial charge in [0.1, 0.15) is 22.9 Å². The molecule has 2 aromatic carbocycles. The molecule has 0 saturated heterocycles. The number of ether oxygens (including phenoxy) is 1. The van der Waals surface area contributed by atoms with Crippen molar-refractivity contribution in [1.29, 1.82) is 0 Å². The Bertz CT molecular complexity index is 1240. The number of carbonyl (C=O) groups is 1. The second-order valence-electron chi connectivity index (χ2n) is 6.25. The molecule has 0 aliphatic rings. The minimum absolute atomic E-state index is 0.140. The minimum atomic E-state index is -0.481. The number of fused-ring (bicyclic) bond motifs is 1. The molecule has 2 aromatic heterocycles. The van der Waals surface area contributed by atoms with Crippen LogP contribution < -0.4 is 10.2 Å². The number of nitrogens with one attached hydrogen (secondary N) is 1. The first kappa shape index (κ1) is 20.1. The van der Waals surface area contributed by atoms with E-state index in [-0.39, 0.29) is 5.76 Å². The van der Waals surface area contributed by atoms with Gasteiger partial charge in [-0.1, -0.05) is 29.3 Å². The van der Waals surface area contributed by atoms with Crippen molar-refractivity contribution in [2.75, 3.05) is 6.61 Å². The van der Waals surface area contributed by atoms with E-state index in [2.05, 4.69) is 10.5 Å². The van der Waals surface area contributed by atoms with Gasteiger partial charge in [-0.15, -0.1) is 0 Å². The fraction of sp³-hybridized carbons (Fsp3) is 0.0909. The molecule has 1 amide bonds. The number of benzene rings is 2. The summed E-state index contributed by atoms with van der Waals surface area (Å²) in [6.07, 6.45) is 1.38. The molecule has 152 valence electrons. The SMILES string of the molecule is CCOc1ccc2oc(C(=O)N/N=C\c3ccc(-c4cccc(Cl)c4Cl)o3)cc2c1. The van der Waals surface area contributed by atoms with Gasteiger partial charge in [0.2, 0.25) is 0 Å². The number of nitrogens with zero attached hydrogens (tertiary/aromatic N) is 1. The van der Waals surface area contributed by atoms with Gasteiger partial charge >= 0.3 is 5.91 Å². The Hall–Kier alpha value is -3.22. The zero-order chi connectivity index (χ0) is 21.1. The highest BCUT2D eigenvalue weighted by Crippen LogP contribution is 2.34. The lowest BCUT2D eigenvalue weighted by Gasteiger charge is -2.01. The second-order valence-corrected chi connectivity index (χ2v) is 7.03. The van der Waals surface area contributed by atoms with E-state index < -0.39 is 5.91 Å². The van der Waals surface area contributed by atoms with Crippen molar-refractivity contribution in [2.24, 2.45) is 5.10 Å². The summed E-state index contributed by atoms with van der Waals surface area (Å²) in [4.78, 5) is 12.3. The van der Waals surface area contributed by atoms with E-state index in [4.69, 9.17) is 36.8 Å². The highest BCUT2D eigenvalue weighted by Gasteiger charge is 2.13. The molecule has 2 heterocycles. The molecular weight excluding hydrogens is 427 g/mol. The molecule has 0 aliphatic heterocycles. The number of amides is 1. The van der Waals surface area contributed by atoms with E-state index in [1.807, 2.05) is 13.0 Å². The van der Waals surface area contributed by atoms with E-state index in [0.717, 1.165) is 5.39 Å². The van der Waals surface area contributed by atoms with E-state index in [1.54, 1.807) is 48.5 Å². The maximum Gasteiger partial charge on any atom is 0.307 e. The standard InChI is InChI=1S/C22H16Cl2N2O4/c1-2-28-14-6-8-18-13(10-14)11-20(30-18)22(27)26-25-12-15-7-9-19(29-15)16-4-3-5-17(23)21(16)24/h3-12H,2H2,1H3,(H,26,27)/b25-12-. The van der Waals surface area contributed by atoms with Crippen molar-refractivity contribution in [1.82, 2.24) is 5.43 Å². The summed E-state index contributed by atoms with van der Waals surface area (Å²) in [7, 11) is 0. The quantitative estimate of drug-likeness (QED) is 0.286. The molecule has 0 atom stereocenters. The Labute approximate surface area is 182 Å². The molecule has 8 heteroatoms. The van der Waals surface area contributed by atoms with Gasteiger partial charge in [-0.3, -0.25) is 4.79 Å². The van der Waals surface area contributed by atoms with E-state index >= 15 is 0 Å². The van der Waals surface area contributed by atoms with Crippen LogP contribution in [0, 0.1) is 0 Å². The fourth-order valence-corrected chi connectivity index (χ4v) is 3.25. The zero-order valence-corrected chi connectivity index (χ0v) is 17.3. The number of hydrogen-bond donors (Lipinski definition) is 1. The molecule has 0 radical (unpaired) electrons. The number of furan rings is 2. The van der Waals surface area contributed by atoms with Crippen LogP contribution in [0.25, 0.3) is 22.3 Å². The Balaban J connectivity index is 1.44. The highest BCUT2D eigenvalue weighted by molar-refractivity contribution is 6.43. The molecule has 0 aliphatic carbocycles. The average Bonchev–Trinajstić information content (AvgIpc) is 3.37. The number of halogens is 2. The predicted octanol–water partition coefficient (Wildman–Crippen LogP) is 6.16. The van der Waals surface area contributed by atoms with Crippen LogP contribution in [0.1, 0.15) is 23.2 Å². The molecule has 0 spiro atoms.